The van der Waals surface area contributed by atoms with E-state index in [0.29, 0.717) is 5.69 Å². The summed E-state index contributed by atoms with van der Waals surface area (Å²) in [6.45, 7) is 0. The molecule has 0 fully saturated rings. The first-order valence-electron chi connectivity index (χ1n) is 6.11. The molecule has 3 nitrogen and oxygen atoms in total. The third-order valence-corrected chi connectivity index (χ3v) is 4.83. The normalized spacial score (nSPS) is 10.8. The summed E-state index contributed by atoms with van der Waals surface area (Å²) in [6.07, 6.45) is 1.77. The molecule has 0 saturated heterocycles. The zero-order chi connectivity index (χ0) is 15.0. The third kappa shape index (κ3) is 2.93. The van der Waals surface area contributed by atoms with E-state index >= 15 is 0 Å². The van der Waals surface area contributed by atoms with E-state index in [0.717, 1.165) is 35.7 Å². The van der Waals surface area contributed by atoms with Crippen LogP contribution in [0.3, 0.4) is 0 Å². The maximum absolute atomic E-state index is 6.04. The smallest absolute Gasteiger partial charge is 0.0958 e. The van der Waals surface area contributed by atoms with Crippen molar-refractivity contribution in [2.45, 2.75) is 0 Å². The lowest BCUT2D eigenvalue weighted by Crippen LogP contribution is -1.97. The first kappa shape index (κ1) is 14.8. The Morgan fingerprint density at radius 1 is 1.00 bits per heavy atom. The summed E-state index contributed by atoms with van der Waals surface area (Å²) in [5.41, 5.74) is 9.43. The molecule has 0 atom stereocenters. The van der Waals surface area contributed by atoms with Gasteiger partial charge in [0.15, 0.2) is 0 Å². The molecule has 0 aliphatic rings. The minimum atomic E-state index is 0.704. The van der Waals surface area contributed by atoms with Crippen LogP contribution >= 0.6 is 47.8 Å². The molecule has 1 heterocycles. The summed E-state index contributed by atoms with van der Waals surface area (Å²) < 4.78 is 2.85. The number of nitrogens with one attached hydrogen (secondary N) is 1. The van der Waals surface area contributed by atoms with E-state index in [1.807, 2.05) is 36.4 Å². The van der Waals surface area contributed by atoms with Crippen molar-refractivity contribution in [3.8, 4) is 0 Å². The molecule has 0 aliphatic heterocycles. The van der Waals surface area contributed by atoms with E-state index in [-0.39, 0.29) is 0 Å². The van der Waals surface area contributed by atoms with Crippen molar-refractivity contribution in [1.82, 2.24) is 4.98 Å². The van der Waals surface area contributed by atoms with Gasteiger partial charge in [-0.15, -0.1) is 0 Å². The van der Waals surface area contributed by atoms with Gasteiger partial charge in [0.2, 0.25) is 0 Å². The van der Waals surface area contributed by atoms with Gasteiger partial charge < -0.3 is 11.1 Å². The van der Waals surface area contributed by atoms with Crippen molar-refractivity contribution >= 4 is 75.8 Å². The lowest BCUT2D eigenvalue weighted by Gasteiger charge is -2.13. The highest BCUT2D eigenvalue weighted by atomic mass is 79.9. The van der Waals surface area contributed by atoms with Gasteiger partial charge >= 0.3 is 0 Å². The summed E-state index contributed by atoms with van der Waals surface area (Å²) in [5.74, 6) is 0. The number of aromatic nitrogens is 1. The number of para-hydroxylation sites is 1. The van der Waals surface area contributed by atoms with E-state index < -0.39 is 0 Å². The molecule has 0 spiro atoms. The first-order valence-corrected chi connectivity index (χ1v) is 8.49. The molecule has 0 radical (unpaired) electrons. The predicted molar refractivity (Wildman–Crippen MR) is 99.0 cm³/mol. The molecule has 3 N–H and O–H groups in total. The summed E-state index contributed by atoms with van der Waals surface area (Å²) in [6, 6.07) is 11.7. The van der Waals surface area contributed by atoms with E-state index in [4.69, 9.17) is 5.73 Å². The molecule has 0 bridgehead atoms. The number of pyridine rings is 1. The first-order chi connectivity index (χ1) is 10.1. The molecule has 1 aromatic heterocycles. The Hall–Kier alpha value is -1.11. The van der Waals surface area contributed by atoms with Crippen molar-refractivity contribution in [2.75, 3.05) is 11.1 Å². The number of benzene rings is 2. The Labute approximate surface area is 147 Å². The second kappa shape index (κ2) is 5.94. The zero-order valence-electron chi connectivity index (χ0n) is 10.7. The monoisotopic (exact) mass is 469 g/mol. The lowest BCUT2D eigenvalue weighted by molar-refractivity contribution is 1.38. The van der Waals surface area contributed by atoms with Crippen LogP contribution in [0.4, 0.5) is 17.1 Å². The highest BCUT2D eigenvalue weighted by Gasteiger charge is 2.10. The lowest BCUT2D eigenvalue weighted by atomic mass is 10.1. The Morgan fingerprint density at radius 3 is 2.43 bits per heavy atom. The Bertz CT molecular complexity index is 814. The van der Waals surface area contributed by atoms with Gasteiger partial charge in [-0.05, 0) is 78.1 Å². The van der Waals surface area contributed by atoms with Crippen LogP contribution in [0.2, 0.25) is 0 Å². The second-order valence-electron chi connectivity index (χ2n) is 4.47. The van der Waals surface area contributed by atoms with E-state index in [2.05, 4.69) is 58.1 Å². The van der Waals surface area contributed by atoms with Crippen LogP contribution in [0, 0.1) is 0 Å². The third-order valence-electron chi connectivity index (χ3n) is 3.07. The molecule has 0 amide bonds. The van der Waals surface area contributed by atoms with Gasteiger partial charge in [0.1, 0.15) is 0 Å². The average molecular weight is 472 g/mol. The van der Waals surface area contributed by atoms with Crippen LogP contribution in [-0.2, 0) is 0 Å². The van der Waals surface area contributed by atoms with Crippen LogP contribution < -0.4 is 11.1 Å². The maximum atomic E-state index is 6.04. The Kier molecular flexibility index (Phi) is 4.19. The van der Waals surface area contributed by atoms with E-state index in [1.54, 1.807) is 6.20 Å². The number of hydrogen-bond donors (Lipinski definition) is 2. The topological polar surface area (TPSA) is 50.9 Å². The largest absolute Gasteiger partial charge is 0.398 e. The number of nitrogen functional groups attached to an aromatic ring is 1. The summed E-state index contributed by atoms with van der Waals surface area (Å²) in [5, 5.41) is 4.32. The second-order valence-corrected chi connectivity index (χ2v) is 7.10. The molecular formula is C15H10Br3N3. The van der Waals surface area contributed by atoms with Gasteiger partial charge in [-0.1, -0.05) is 6.07 Å². The van der Waals surface area contributed by atoms with Gasteiger partial charge in [0, 0.05) is 30.7 Å². The molecule has 0 aliphatic carbocycles. The molecular weight excluding hydrogens is 462 g/mol. The zero-order valence-corrected chi connectivity index (χ0v) is 15.5. The minimum Gasteiger partial charge on any atom is -0.398 e. The fourth-order valence-corrected chi connectivity index (χ4v) is 3.60. The van der Waals surface area contributed by atoms with Crippen molar-refractivity contribution in [3.63, 3.8) is 0 Å². The molecule has 0 unspecified atom stereocenters. The average Bonchev–Trinajstić information content (AvgIpc) is 2.45. The number of fused-ring (bicyclic) bond motifs is 1. The van der Waals surface area contributed by atoms with Crippen LogP contribution in [0.25, 0.3) is 10.9 Å². The highest BCUT2D eigenvalue weighted by molar-refractivity contribution is 9.11. The minimum absolute atomic E-state index is 0.704. The van der Waals surface area contributed by atoms with Crippen molar-refractivity contribution in [1.29, 1.82) is 0 Å². The number of nitrogens with zero attached hydrogens (tertiary/aromatic N) is 1. The van der Waals surface area contributed by atoms with Gasteiger partial charge in [-0.25, -0.2) is 0 Å². The standard InChI is InChI=1S/C15H10Br3N3/c16-8-6-9-12(19)4-5-13(14(9)20-7-8)21-15-10(17)2-1-3-11(15)18/h1-7,21H,19H2. The fraction of sp³-hybridized carbons (Fsp3) is 0. The van der Waals surface area contributed by atoms with E-state index in [1.165, 1.54) is 0 Å². The van der Waals surface area contributed by atoms with E-state index in [9.17, 15) is 0 Å². The van der Waals surface area contributed by atoms with Crippen LogP contribution in [0.5, 0.6) is 0 Å². The molecule has 106 valence electrons. The van der Waals surface area contributed by atoms with Gasteiger partial charge in [0.25, 0.3) is 0 Å². The Morgan fingerprint density at radius 2 is 1.71 bits per heavy atom. The molecule has 6 heteroatoms. The Balaban J connectivity index is 2.16. The molecule has 3 rings (SSSR count). The van der Waals surface area contributed by atoms with Crippen LogP contribution in [0.1, 0.15) is 0 Å². The van der Waals surface area contributed by atoms with Gasteiger partial charge in [-0.3, -0.25) is 4.98 Å². The van der Waals surface area contributed by atoms with Gasteiger partial charge in [-0.2, -0.15) is 0 Å². The van der Waals surface area contributed by atoms with Crippen molar-refractivity contribution < 1.29 is 0 Å². The van der Waals surface area contributed by atoms with Crippen LogP contribution in [0.15, 0.2) is 56.0 Å². The molecule has 21 heavy (non-hydrogen) atoms. The number of rotatable bonds is 2. The van der Waals surface area contributed by atoms with Crippen LogP contribution in [-0.4, -0.2) is 4.98 Å². The summed E-state index contributed by atoms with van der Waals surface area (Å²) in [4.78, 5) is 4.48. The summed E-state index contributed by atoms with van der Waals surface area (Å²) in [7, 11) is 0. The number of halogens is 3. The summed E-state index contributed by atoms with van der Waals surface area (Å²) >= 11 is 10.5. The van der Waals surface area contributed by atoms with Gasteiger partial charge in [0.05, 0.1) is 16.9 Å². The van der Waals surface area contributed by atoms with Crippen molar-refractivity contribution in [3.05, 3.63) is 56.0 Å². The quantitative estimate of drug-likeness (QED) is 0.461. The molecule has 3 aromatic rings. The van der Waals surface area contributed by atoms with Crippen molar-refractivity contribution in [2.24, 2.45) is 0 Å². The molecule has 0 saturated carbocycles. The predicted octanol–water partition coefficient (Wildman–Crippen LogP) is 5.85. The number of hydrogen-bond acceptors (Lipinski definition) is 3. The fourth-order valence-electron chi connectivity index (χ4n) is 2.07. The highest BCUT2D eigenvalue weighted by Crippen LogP contribution is 2.36. The molecule has 2 aromatic carbocycles. The SMILES string of the molecule is Nc1ccc(Nc2c(Br)cccc2Br)c2ncc(Br)cc12. The number of nitrogens with two attached hydrogens (primary N) is 1. The number of anilines is 3. The maximum Gasteiger partial charge on any atom is 0.0958 e.